The molecular weight excluding hydrogens is 297 g/mol. The highest BCUT2D eigenvalue weighted by atomic mass is 35.5. The fourth-order valence-electron chi connectivity index (χ4n) is 1.43. The Balaban J connectivity index is 1.77. The van der Waals surface area contributed by atoms with E-state index < -0.39 is 0 Å². The monoisotopic (exact) mass is 305 g/mol. The number of nitrogens with zero attached hydrogens (tertiary/aromatic N) is 2. The predicted molar refractivity (Wildman–Crippen MR) is 76.9 cm³/mol. The maximum absolute atomic E-state index is 6.10. The Kier molecular flexibility index (Phi) is 3.34. The molecule has 90 valence electrons. The van der Waals surface area contributed by atoms with Crippen molar-refractivity contribution in [1.82, 2.24) is 5.43 Å². The maximum Gasteiger partial charge on any atom is 0.177 e. The van der Waals surface area contributed by atoms with Crippen molar-refractivity contribution in [3.05, 3.63) is 20.3 Å². The van der Waals surface area contributed by atoms with E-state index in [0.29, 0.717) is 14.7 Å². The Morgan fingerprint density at radius 3 is 2.76 bits per heavy atom. The van der Waals surface area contributed by atoms with Gasteiger partial charge in [-0.2, -0.15) is 5.10 Å². The van der Waals surface area contributed by atoms with Crippen LogP contribution in [0.5, 0.6) is 0 Å². The number of halogens is 2. The van der Waals surface area contributed by atoms with Crippen molar-refractivity contribution in [2.24, 2.45) is 10.1 Å². The molecule has 0 radical (unpaired) electrons. The summed E-state index contributed by atoms with van der Waals surface area (Å²) in [4.78, 5) is 4.51. The fourth-order valence-corrected chi connectivity index (χ4v) is 3.76. The molecule has 0 amide bonds. The second-order valence-electron chi connectivity index (χ2n) is 3.86. The van der Waals surface area contributed by atoms with Crippen LogP contribution in [0.25, 0.3) is 0 Å². The molecular formula is C10H9Cl2N3S2. The van der Waals surface area contributed by atoms with Gasteiger partial charge in [-0.3, -0.25) is 10.4 Å². The molecule has 1 aromatic rings. The van der Waals surface area contributed by atoms with Crippen molar-refractivity contribution >= 4 is 57.2 Å². The van der Waals surface area contributed by atoms with Crippen molar-refractivity contribution in [2.45, 2.75) is 18.9 Å². The summed E-state index contributed by atoms with van der Waals surface area (Å²) in [5.41, 5.74) is 4.83. The topological polar surface area (TPSA) is 36.8 Å². The zero-order valence-electron chi connectivity index (χ0n) is 8.74. The summed E-state index contributed by atoms with van der Waals surface area (Å²) in [6.45, 7) is 0. The number of nitrogens with one attached hydrogen (secondary N) is 1. The molecule has 1 saturated carbocycles. The third-order valence-corrected chi connectivity index (χ3v) is 4.82. The smallest absolute Gasteiger partial charge is 0.177 e. The molecule has 0 unspecified atom stereocenters. The highest BCUT2D eigenvalue weighted by molar-refractivity contribution is 8.14. The van der Waals surface area contributed by atoms with Crippen LogP contribution in [0, 0.1) is 0 Å². The van der Waals surface area contributed by atoms with Gasteiger partial charge in [-0.05, 0) is 18.9 Å². The van der Waals surface area contributed by atoms with E-state index in [0.717, 1.165) is 22.2 Å². The Morgan fingerprint density at radius 1 is 1.41 bits per heavy atom. The largest absolute Gasteiger partial charge is 0.258 e. The van der Waals surface area contributed by atoms with Crippen LogP contribution in [0.1, 0.15) is 18.4 Å². The van der Waals surface area contributed by atoms with Gasteiger partial charge in [0.15, 0.2) is 5.17 Å². The quantitative estimate of drug-likeness (QED) is 0.906. The minimum absolute atomic E-state index is 0.515. The van der Waals surface area contributed by atoms with Crippen LogP contribution in [0.3, 0.4) is 0 Å². The Hall–Kier alpha value is -0.230. The molecule has 3 rings (SSSR count). The summed E-state index contributed by atoms with van der Waals surface area (Å²) >= 11 is 15.0. The van der Waals surface area contributed by atoms with Gasteiger partial charge in [0.25, 0.3) is 0 Å². The van der Waals surface area contributed by atoms with Crippen molar-refractivity contribution in [1.29, 1.82) is 0 Å². The average molecular weight is 306 g/mol. The van der Waals surface area contributed by atoms with Crippen LogP contribution in [0.15, 0.2) is 16.2 Å². The Bertz CT molecular complexity index is 506. The van der Waals surface area contributed by atoms with E-state index in [1.54, 1.807) is 11.8 Å². The van der Waals surface area contributed by atoms with E-state index >= 15 is 0 Å². The predicted octanol–water partition coefficient (Wildman–Crippen LogP) is 3.61. The van der Waals surface area contributed by atoms with Gasteiger partial charge in [-0.1, -0.05) is 35.0 Å². The molecule has 0 saturated heterocycles. The van der Waals surface area contributed by atoms with Gasteiger partial charge in [0, 0.05) is 11.3 Å². The number of hydrazone groups is 1. The molecule has 7 heteroatoms. The Labute approximate surface area is 117 Å². The third kappa shape index (κ3) is 2.78. The lowest BCUT2D eigenvalue weighted by molar-refractivity contribution is 0.985. The first-order chi connectivity index (χ1) is 8.22. The number of hydrogen-bond donors (Lipinski definition) is 1. The maximum atomic E-state index is 6.10. The van der Waals surface area contributed by atoms with Gasteiger partial charge in [-0.15, -0.1) is 11.3 Å². The second kappa shape index (κ2) is 4.80. The fraction of sp³-hybridized carbons (Fsp3) is 0.400. The number of hydrogen-bond acceptors (Lipinski definition) is 4. The lowest BCUT2D eigenvalue weighted by atomic mass is 10.2. The van der Waals surface area contributed by atoms with Crippen LogP contribution in [-0.2, 0) is 0 Å². The number of rotatable bonds is 2. The molecule has 2 heterocycles. The number of aliphatic imine (C=N–C) groups is 1. The number of amidine groups is 1. The standard InChI is InChI=1S/C10H9Cl2N3S2/c11-8-3-6(9(12)17-8)7-4-16-10(15-14-7)13-5-1-2-5/h3,5H,1-2,4H2,(H,13,15). The number of thioether (sulfide) groups is 1. The minimum atomic E-state index is 0.515. The highest BCUT2D eigenvalue weighted by Crippen LogP contribution is 2.33. The molecule has 0 aromatic carbocycles. The van der Waals surface area contributed by atoms with Crippen LogP contribution >= 0.6 is 46.3 Å². The molecule has 0 bridgehead atoms. The van der Waals surface area contributed by atoms with Gasteiger partial charge in [0.1, 0.15) is 4.34 Å². The summed E-state index contributed by atoms with van der Waals surface area (Å²) in [6.07, 6.45) is 2.41. The number of thiophene rings is 1. The van der Waals surface area contributed by atoms with E-state index in [-0.39, 0.29) is 0 Å². The lowest BCUT2D eigenvalue weighted by Crippen LogP contribution is -2.25. The normalized spacial score (nSPS) is 22.5. The molecule has 2 aliphatic rings. The lowest BCUT2D eigenvalue weighted by Gasteiger charge is -2.14. The van der Waals surface area contributed by atoms with Gasteiger partial charge < -0.3 is 0 Å². The van der Waals surface area contributed by atoms with E-state index in [1.807, 2.05) is 6.07 Å². The minimum Gasteiger partial charge on any atom is -0.258 e. The summed E-state index contributed by atoms with van der Waals surface area (Å²) in [7, 11) is 0. The molecule has 3 nitrogen and oxygen atoms in total. The molecule has 0 spiro atoms. The molecule has 1 N–H and O–H groups in total. The first kappa shape index (κ1) is 11.8. The Morgan fingerprint density at radius 2 is 2.24 bits per heavy atom. The van der Waals surface area contributed by atoms with Gasteiger partial charge in [-0.25, -0.2) is 0 Å². The molecule has 1 aliphatic heterocycles. The first-order valence-electron chi connectivity index (χ1n) is 5.21. The van der Waals surface area contributed by atoms with Crippen LogP contribution in [0.4, 0.5) is 0 Å². The third-order valence-electron chi connectivity index (χ3n) is 2.45. The van der Waals surface area contributed by atoms with Crippen molar-refractivity contribution in [3.63, 3.8) is 0 Å². The molecule has 1 aliphatic carbocycles. The van der Waals surface area contributed by atoms with E-state index in [1.165, 1.54) is 24.2 Å². The van der Waals surface area contributed by atoms with E-state index in [9.17, 15) is 0 Å². The summed E-state index contributed by atoms with van der Waals surface area (Å²) < 4.78 is 1.38. The van der Waals surface area contributed by atoms with Crippen molar-refractivity contribution in [3.8, 4) is 0 Å². The average Bonchev–Trinajstić information content (AvgIpc) is 3.05. The van der Waals surface area contributed by atoms with Gasteiger partial charge >= 0.3 is 0 Å². The van der Waals surface area contributed by atoms with Crippen molar-refractivity contribution < 1.29 is 0 Å². The van der Waals surface area contributed by atoms with Gasteiger partial charge in [0.2, 0.25) is 0 Å². The summed E-state index contributed by atoms with van der Waals surface area (Å²) in [6, 6.07) is 2.37. The zero-order chi connectivity index (χ0) is 11.8. The molecule has 1 fully saturated rings. The SMILES string of the molecule is Clc1cc(C2=NNC(=NC3CC3)SC2)c(Cl)s1. The van der Waals surface area contributed by atoms with Crippen LogP contribution < -0.4 is 5.43 Å². The van der Waals surface area contributed by atoms with E-state index in [4.69, 9.17) is 23.2 Å². The van der Waals surface area contributed by atoms with Crippen molar-refractivity contribution in [2.75, 3.05) is 5.75 Å². The summed E-state index contributed by atoms with van der Waals surface area (Å²) in [5.74, 6) is 0.783. The second-order valence-corrected chi connectivity index (χ2v) is 7.11. The molecule has 1 aromatic heterocycles. The van der Waals surface area contributed by atoms with Gasteiger partial charge in [0.05, 0.1) is 16.1 Å². The molecule has 0 atom stereocenters. The highest BCUT2D eigenvalue weighted by Gasteiger charge is 2.23. The van der Waals surface area contributed by atoms with Crippen LogP contribution in [0.2, 0.25) is 8.67 Å². The molecule has 17 heavy (non-hydrogen) atoms. The summed E-state index contributed by atoms with van der Waals surface area (Å²) in [5, 5.41) is 5.23. The first-order valence-corrected chi connectivity index (χ1v) is 7.76. The van der Waals surface area contributed by atoms with E-state index in [2.05, 4.69) is 15.5 Å². The van der Waals surface area contributed by atoms with Crippen LogP contribution in [-0.4, -0.2) is 22.7 Å². The zero-order valence-corrected chi connectivity index (χ0v) is 11.9.